The van der Waals surface area contributed by atoms with Crippen LogP contribution in [0.5, 0.6) is 5.75 Å². The van der Waals surface area contributed by atoms with Crippen LogP contribution in [0, 0.1) is 0 Å². The standard InChI is InChI=1S/C31H32N4O3/c1-4-8-28-23(20-35(29(5-2)32-28)24-15-17-25(37-3)18-16-24)19-21-11-13-22(14-12-21)26-9-6-7-10-27(26)30-33-31(36)38-34-30/h6-7,9-18H,4-5,8,19-20H2,1-3H3,(H,33,34,36). The maximum Gasteiger partial charge on any atom is 0.439 e. The van der Waals surface area contributed by atoms with Gasteiger partial charge in [0.1, 0.15) is 11.6 Å². The summed E-state index contributed by atoms with van der Waals surface area (Å²) in [5, 5.41) is 3.87. The topological polar surface area (TPSA) is 83.7 Å². The van der Waals surface area contributed by atoms with E-state index in [-0.39, 0.29) is 0 Å². The summed E-state index contributed by atoms with van der Waals surface area (Å²) in [7, 11) is 1.69. The van der Waals surface area contributed by atoms with Gasteiger partial charge in [-0.15, -0.1) is 0 Å². The maximum atomic E-state index is 11.5. The lowest BCUT2D eigenvalue weighted by molar-refractivity contribution is 0.388. The first-order chi connectivity index (χ1) is 18.6. The number of aromatic amines is 1. The summed E-state index contributed by atoms with van der Waals surface area (Å²) in [6, 6.07) is 24.6. The molecule has 1 aliphatic rings. The minimum Gasteiger partial charge on any atom is -0.497 e. The third kappa shape index (κ3) is 5.32. The van der Waals surface area contributed by atoms with Crippen molar-refractivity contribution < 1.29 is 9.26 Å². The fourth-order valence-corrected chi connectivity index (χ4v) is 4.90. The molecule has 0 radical (unpaired) electrons. The average Bonchev–Trinajstić information content (AvgIpc) is 3.40. The van der Waals surface area contributed by atoms with Crippen molar-refractivity contribution in [1.82, 2.24) is 10.1 Å². The first-order valence-corrected chi connectivity index (χ1v) is 13.0. The molecule has 2 heterocycles. The van der Waals surface area contributed by atoms with Crippen molar-refractivity contribution in [2.45, 2.75) is 39.5 Å². The predicted molar refractivity (Wildman–Crippen MR) is 152 cm³/mol. The molecule has 0 saturated carbocycles. The Hall–Kier alpha value is -4.39. The molecule has 4 aromatic rings. The third-order valence-electron chi connectivity index (χ3n) is 6.82. The second-order valence-electron chi connectivity index (χ2n) is 9.33. The number of hydrogen-bond acceptors (Lipinski definition) is 6. The summed E-state index contributed by atoms with van der Waals surface area (Å²) in [4.78, 5) is 21.6. The van der Waals surface area contributed by atoms with Crippen LogP contribution in [0.3, 0.4) is 0 Å². The first-order valence-electron chi connectivity index (χ1n) is 13.0. The molecule has 0 saturated heterocycles. The zero-order valence-electron chi connectivity index (χ0n) is 22.0. The molecule has 3 aromatic carbocycles. The molecule has 0 bridgehead atoms. The number of aromatic nitrogens is 2. The fourth-order valence-electron chi connectivity index (χ4n) is 4.90. The summed E-state index contributed by atoms with van der Waals surface area (Å²) in [6.45, 7) is 5.18. The van der Waals surface area contributed by atoms with Crippen molar-refractivity contribution in [3.8, 4) is 28.3 Å². The number of H-pyrrole nitrogens is 1. The van der Waals surface area contributed by atoms with Gasteiger partial charge in [-0.05, 0) is 59.4 Å². The zero-order valence-corrected chi connectivity index (χ0v) is 22.0. The molecule has 0 amide bonds. The molecule has 7 heteroatoms. The smallest absolute Gasteiger partial charge is 0.439 e. The lowest BCUT2D eigenvalue weighted by atomic mass is 9.95. The predicted octanol–water partition coefficient (Wildman–Crippen LogP) is 6.63. The Morgan fingerprint density at radius 3 is 2.34 bits per heavy atom. The minimum atomic E-state index is -0.564. The summed E-state index contributed by atoms with van der Waals surface area (Å²) in [5.74, 6) is 1.81. The van der Waals surface area contributed by atoms with Gasteiger partial charge >= 0.3 is 5.76 Å². The number of rotatable bonds is 9. The van der Waals surface area contributed by atoms with E-state index in [2.05, 4.69) is 65.3 Å². The van der Waals surface area contributed by atoms with Crippen LogP contribution in [-0.4, -0.2) is 29.6 Å². The second kappa shape index (κ2) is 11.3. The Labute approximate surface area is 222 Å². The lowest BCUT2D eigenvalue weighted by Crippen LogP contribution is -2.36. The summed E-state index contributed by atoms with van der Waals surface area (Å²) in [6.07, 6.45) is 3.73. The van der Waals surface area contributed by atoms with Gasteiger partial charge in [0, 0.05) is 29.9 Å². The largest absolute Gasteiger partial charge is 0.497 e. The molecule has 0 unspecified atom stereocenters. The molecule has 7 nitrogen and oxygen atoms in total. The Bertz CT molecular complexity index is 1510. The van der Waals surface area contributed by atoms with Crippen molar-refractivity contribution in [1.29, 1.82) is 0 Å². The van der Waals surface area contributed by atoms with Crippen LogP contribution in [0.4, 0.5) is 5.69 Å². The molecular weight excluding hydrogens is 476 g/mol. The van der Waals surface area contributed by atoms with E-state index in [9.17, 15) is 4.79 Å². The molecule has 1 aromatic heterocycles. The summed E-state index contributed by atoms with van der Waals surface area (Å²) in [5.41, 5.74) is 7.75. The van der Waals surface area contributed by atoms with E-state index in [1.54, 1.807) is 7.11 Å². The number of nitrogens with zero attached hydrogens (tertiary/aromatic N) is 3. The van der Waals surface area contributed by atoms with Gasteiger partial charge in [0.25, 0.3) is 0 Å². The first kappa shape index (κ1) is 25.3. The Kier molecular flexibility index (Phi) is 7.54. The molecular formula is C31H32N4O3. The molecule has 0 aliphatic carbocycles. The Balaban J connectivity index is 1.42. The van der Waals surface area contributed by atoms with E-state index in [4.69, 9.17) is 14.3 Å². The van der Waals surface area contributed by atoms with Crippen LogP contribution in [-0.2, 0) is 6.42 Å². The van der Waals surface area contributed by atoms with Crippen molar-refractivity contribution in [3.05, 3.63) is 100 Å². The van der Waals surface area contributed by atoms with E-state index in [0.29, 0.717) is 5.82 Å². The molecule has 38 heavy (non-hydrogen) atoms. The van der Waals surface area contributed by atoms with Crippen LogP contribution in [0.1, 0.15) is 38.7 Å². The molecule has 0 fully saturated rings. The number of benzene rings is 3. The molecule has 0 atom stereocenters. The molecule has 194 valence electrons. The lowest BCUT2D eigenvalue weighted by Gasteiger charge is -2.32. The number of hydrogen-bond donors (Lipinski definition) is 1. The van der Waals surface area contributed by atoms with Gasteiger partial charge in [0.2, 0.25) is 0 Å². The number of allylic oxidation sites excluding steroid dienone is 1. The van der Waals surface area contributed by atoms with Gasteiger partial charge in [-0.1, -0.05) is 74.0 Å². The monoisotopic (exact) mass is 508 g/mol. The van der Waals surface area contributed by atoms with E-state index in [0.717, 1.165) is 66.2 Å². The minimum absolute atomic E-state index is 0.425. The van der Waals surface area contributed by atoms with E-state index in [1.807, 2.05) is 36.4 Å². The highest BCUT2D eigenvalue weighted by Crippen LogP contribution is 2.32. The van der Waals surface area contributed by atoms with Crippen molar-refractivity contribution >= 4 is 11.5 Å². The van der Waals surface area contributed by atoms with Gasteiger partial charge in [-0.3, -0.25) is 9.51 Å². The van der Waals surface area contributed by atoms with Crippen LogP contribution < -0.4 is 15.4 Å². The molecule has 0 spiro atoms. The van der Waals surface area contributed by atoms with Crippen molar-refractivity contribution in [3.63, 3.8) is 0 Å². The second-order valence-corrected chi connectivity index (χ2v) is 9.33. The van der Waals surface area contributed by atoms with Crippen LogP contribution in [0.15, 0.2) is 98.4 Å². The highest BCUT2D eigenvalue weighted by molar-refractivity contribution is 5.99. The normalized spacial score (nSPS) is 13.6. The van der Waals surface area contributed by atoms with Crippen LogP contribution in [0.25, 0.3) is 22.5 Å². The highest BCUT2D eigenvalue weighted by Gasteiger charge is 2.22. The summed E-state index contributed by atoms with van der Waals surface area (Å²) < 4.78 is 10.1. The van der Waals surface area contributed by atoms with Crippen molar-refractivity contribution in [2.24, 2.45) is 4.99 Å². The van der Waals surface area contributed by atoms with Crippen LogP contribution in [0.2, 0.25) is 0 Å². The number of amidine groups is 1. The van der Waals surface area contributed by atoms with Gasteiger partial charge in [0.15, 0.2) is 5.82 Å². The third-order valence-corrected chi connectivity index (χ3v) is 6.82. The summed E-state index contributed by atoms with van der Waals surface area (Å²) >= 11 is 0. The van der Waals surface area contributed by atoms with Crippen molar-refractivity contribution in [2.75, 3.05) is 18.6 Å². The zero-order chi connectivity index (χ0) is 26.5. The average molecular weight is 509 g/mol. The number of nitrogens with one attached hydrogen (secondary N) is 1. The van der Waals surface area contributed by atoms with E-state index >= 15 is 0 Å². The SMILES string of the molecule is CCCC1=C(Cc2ccc(-c3ccccc3-c3noc(=O)[nH]3)cc2)CN(c2ccc(OC)cc2)C(CC)=N1. The Morgan fingerprint density at radius 1 is 0.974 bits per heavy atom. The fraction of sp³-hybridized carbons (Fsp3) is 0.258. The quantitative estimate of drug-likeness (QED) is 0.274. The van der Waals surface area contributed by atoms with Gasteiger partial charge in [0.05, 0.1) is 7.11 Å². The van der Waals surface area contributed by atoms with Gasteiger partial charge < -0.3 is 9.64 Å². The number of ether oxygens (including phenoxy) is 1. The molecule has 1 aliphatic heterocycles. The van der Waals surface area contributed by atoms with Crippen LogP contribution >= 0.6 is 0 Å². The molecule has 1 N–H and O–H groups in total. The number of anilines is 1. The Morgan fingerprint density at radius 2 is 1.71 bits per heavy atom. The van der Waals surface area contributed by atoms with Gasteiger partial charge in [-0.2, -0.15) is 0 Å². The van der Waals surface area contributed by atoms with E-state index < -0.39 is 5.76 Å². The highest BCUT2D eigenvalue weighted by atomic mass is 16.5. The number of methoxy groups -OCH3 is 1. The molecule has 5 rings (SSSR count). The van der Waals surface area contributed by atoms with Gasteiger partial charge in [-0.25, -0.2) is 9.79 Å². The van der Waals surface area contributed by atoms with E-state index in [1.165, 1.54) is 16.8 Å². The maximum absolute atomic E-state index is 11.5. The number of aliphatic imine (C=N–C) groups is 1.